The number of methoxy groups -OCH3 is 1. The van der Waals surface area contributed by atoms with E-state index < -0.39 is 0 Å². The monoisotopic (exact) mass is 413 g/mol. The predicted molar refractivity (Wildman–Crippen MR) is 114 cm³/mol. The summed E-state index contributed by atoms with van der Waals surface area (Å²) in [4.78, 5) is 24.3. The van der Waals surface area contributed by atoms with Crippen molar-refractivity contribution in [2.45, 2.75) is 25.9 Å². The normalized spacial score (nSPS) is 12.9. The lowest BCUT2D eigenvalue weighted by molar-refractivity contribution is 0.206. The van der Waals surface area contributed by atoms with Crippen LogP contribution in [0.5, 0.6) is 0 Å². The first-order valence-corrected chi connectivity index (χ1v) is 10.1. The molecule has 8 heteroatoms. The van der Waals surface area contributed by atoms with E-state index in [1.807, 2.05) is 47.0 Å². The van der Waals surface area contributed by atoms with Crippen molar-refractivity contribution in [2.24, 2.45) is 0 Å². The Morgan fingerprint density at radius 3 is 2.79 bits per heavy atom. The van der Waals surface area contributed by atoms with Gasteiger partial charge in [0.1, 0.15) is 0 Å². The molecule has 0 N–H and O–H groups in total. The molecular weight excluding hydrogens is 390 g/mol. The Morgan fingerprint density at radius 2 is 2.00 bits per heavy atom. The zero-order valence-electron chi connectivity index (χ0n) is 16.6. The zero-order valence-corrected chi connectivity index (χ0v) is 17.4. The first-order valence-electron chi connectivity index (χ1n) is 9.69. The Labute approximate surface area is 174 Å². The molecule has 0 amide bonds. The third-order valence-corrected chi connectivity index (χ3v) is 5.62. The molecule has 0 fully saturated rings. The van der Waals surface area contributed by atoms with Crippen LogP contribution in [0.15, 0.2) is 41.3 Å². The minimum Gasteiger partial charge on any atom is -0.383 e. The quantitative estimate of drug-likeness (QED) is 0.596. The van der Waals surface area contributed by atoms with Crippen molar-refractivity contribution in [3.63, 3.8) is 0 Å². The van der Waals surface area contributed by atoms with Gasteiger partial charge in [0.15, 0.2) is 0 Å². The van der Waals surface area contributed by atoms with E-state index in [0.29, 0.717) is 30.5 Å². The van der Waals surface area contributed by atoms with Crippen molar-refractivity contribution in [1.82, 2.24) is 19.3 Å². The van der Waals surface area contributed by atoms with E-state index in [0.717, 1.165) is 42.0 Å². The van der Waals surface area contributed by atoms with Gasteiger partial charge in [0.05, 0.1) is 23.6 Å². The van der Waals surface area contributed by atoms with Crippen molar-refractivity contribution in [3.8, 4) is 11.4 Å². The van der Waals surface area contributed by atoms with Crippen molar-refractivity contribution in [2.75, 3.05) is 32.2 Å². The fourth-order valence-corrected chi connectivity index (χ4v) is 3.94. The molecule has 1 aliphatic heterocycles. The highest BCUT2D eigenvalue weighted by Crippen LogP contribution is 2.28. The number of rotatable bonds is 7. The Morgan fingerprint density at radius 1 is 1.21 bits per heavy atom. The molecule has 0 radical (unpaired) electrons. The second kappa shape index (κ2) is 8.39. The smallest absolute Gasteiger partial charge is 0.270 e. The molecule has 0 spiro atoms. The van der Waals surface area contributed by atoms with Gasteiger partial charge >= 0.3 is 0 Å². The number of aromatic nitrogens is 4. The third-order valence-electron chi connectivity index (χ3n) is 5.25. The number of benzene rings is 1. The average molecular weight is 414 g/mol. The highest BCUT2D eigenvalue weighted by atomic mass is 35.5. The number of hydrogen-bond donors (Lipinski definition) is 0. The Balaban J connectivity index is 1.79. The molecule has 0 aliphatic carbocycles. The van der Waals surface area contributed by atoms with Crippen LogP contribution in [0, 0.1) is 0 Å². The van der Waals surface area contributed by atoms with E-state index in [1.165, 1.54) is 0 Å². The molecule has 3 heterocycles. The van der Waals surface area contributed by atoms with Crippen LogP contribution in [-0.4, -0.2) is 46.6 Å². The first kappa shape index (κ1) is 19.7. The zero-order chi connectivity index (χ0) is 20.4. The number of nitrogens with zero attached hydrogens (tertiary/aromatic N) is 5. The van der Waals surface area contributed by atoms with Crippen molar-refractivity contribution >= 4 is 17.5 Å². The molecule has 3 aromatic rings. The summed E-state index contributed by atoms with van der Waals surface area (Å²) >= 11 is 6.37. The summed E-state index contributed by atoms with van der Waals surface area (Å²) in [6.07, 6.45) is 3.16. The van der Waals surface area contributed by atoms with Gasteiger partial charge in [0.25, 0.3) is 5.56 Å². The van der Waals surface area contributed by atoms with E-state index in [4.69, 9.17) is 21.3 Å². The molecule has 2 aromatic heterocycles. The topological polar surface area (TPSA) is 65.2 Å². The molecule has 4 rings (SSSR count). The maximum atomic E-state index is 13.2. The summed E-state index contributed by atoms with van der Waals surface area (Å²) in [6.45, 7) is 2.79. The summed E-state index contributed by atoms with van der Waals surface area (Å²) in [6, 6.07) is 9.51. The molecule has 1 aliphatic rings. The average Bonchev–Trinajstić information content (AvgIpc) is 3.30. The van der Waals surface area contributed by atoms with E-state index in [1.54, 1.807) is 13.3 Å². The van der Waals surface area contributed by atoms with Crippen LogP contribution in [-0.2, 0) is 24.2 Å². The highest BCUT2D eigenvalue weighted by Gasteiger charge is 2.26. The fraction of sp³-hybridized carbons (Fsp3) is 0.381. The number of anilines is 1. The lowest BCUT2D eigenvalue weighted by Gasteiger charge is -2.17. The molecule has 0 saturated carbocycles. The van der Waals surface area contributed by atoms with E-state index >= 15 is 0 Å². The summed E-state index contributed by atoms with van der Waals surface area (Å²) in [5.74, 6) is 0.606. The number of hydrogen-bond acceptors (Lipinski definition) is 5. The van der Waals surface area contributed by atoms with Crippen molar-refractivity contribution in [3.05, 3.63) is 63.0 Å². The maximum absolute atomic E-state index is 13.2. The number of halogens is 1. The minimum absolute atomic E-state index is 0.0327. The van der Waals surface area contributed by atoms with Crippen molar-refractivity contribution in [1.29, 1.82) is 0 Å². The molecule has 1 aromatic carbocycles. The first-order chi connectivity index (χ1) is 14.1. The van der Waals surface area contributed by atoms with Crippen LogP contribution in [0.3, 0.4) is 0 Å². The maximum Gasteiger partial charge on any atom is 0.270 e. The largest absolute Gasteiger partial charge is 0.383 e. The molecule has 0 bridgehead atoms. The third kappa shape index (κ3) is 3.80. The predicted octanol–water partition coefficient (Wildman–Crippen LogP) is 2.84. The van der Waals surface area contributed by atoms with Crippen molar-refractivity contribution < 1.29 is 4.74 Å². The molecule has 0 unspecified atom stereocenters. The molecule has 0 atom stereocenters. The SMILES string of the molecule is COCCN(C)c1nccc(-c2c(Cc3ccccc3Cl)c(=O)n3n2CCC3)n1. The number of likely N-dealkylation sites (N-methyl/N-ethyl adjacent to an activating group) is 1. The molecule has 29 heavy (non-hydrogen) atoms. The van der Waals surface area contributed by atoms with Crippen LogP contribution in [0.2, 0.25) is 5.02 Å². The number of fused-ring (bicyclic) bond motifs is 1. The highest BCUT2D eigenvalue weighted by molar-refractivity contribution is 6.31. The Bertz CT molecular complexity index is 1080. The lowest BCUT2D eigenvalue weighted by atomic mass is 10.0. The second-order valence-corrected chi connectivity index (χ2v) is 7.56. The minimum atomic E-state index is 0.0327. The van der Waals surface area contributed by atoms with Gasteiger partial charge in [-0.3, -0.25) is 9.48 Å². The van der Waals surface area contributed by atoms with E-state index in [-0.39, 0.29) is 5.56 Å². The van der Waals surface area contributed by atoms with Crippen LogP contribution in [0.25, 0.3) is 11.4 Å². The van der Waals surface area contributed by atoms with Crippen LogP contribution in [0.4, 0.5) is 5.95 Å². The van der Waals surface area contributed by atoms with Gasteiger partial charge < -0.3 is 9.64 Å². The molecular formula is C21H24ClN5O2. The van der Waals surface area contributed by atoms with Gasteiger partial charge in [-0.2, -0.15) is 0 Å². The Kier molecular flexibility index (Phi) is 5.69. The number of ether oxygens (including phenoxy) is 1. The summed E-state index contributed by atoms with van der Waals surface area (Å²) in [5, 5.41) is 0.664. The molecule has 7 nitrogen and oxygen atoms in total. The standard InChI is InChI=1S/C21H24ClN5O2/c1-25(12-13-29-2)21-23-9-8-18(24-21)19-16(14-15-6-3-4-7-17(15)22)20(28)27-11-5-10-26(19)27/h3-4,6-9H,5,10-14H2,1-2H3. The summed E-state index contributed by atoms with van der Waals surface area (Å²) in [5.41, 5.74) is 3.30. The molecule has 152 valence electrons. The van der Waals surface area contributed by atoms with Crippen LogP contribution >= 0.6 is 11.6 Å². The van der Waals surface area contributed by atoms with Gasteiger partial charge in [-0.1, -0.05) is 29.8 Å². The lowest BCUT2D eigenvalue weighted by Crippen LogP contribution is -2.24. The van der Waals surface area contributed by atoms with Gasteiger partial charge in [-0.05, 0) is 24.1 Å². The van der Waals surface area contributed by atoms with E-state index in [2.05, 4.69) is 9.67 Å². The van der Waals surface area contributed by atoms with Gasteiger partial charge in [0, 0.05) is 51.4 Å². The van der Waals surface area contributed by atoms with Gasteiger partial charge in [0.2, 0.25) is 5.95 Å². The van der Waals surface area contributed by atoms with E-state index in [9.17, 15) is 4.79 Å². The van der Waals surface area contributed by atoms with Gasteiger partial charge in [-0.25, -0.2) is 14.6 Å². The summed E-state index contributed by atoms with van der Waals surface area (Å²) in [7, 11) is 3.60. The second-order valence-electron chi connectivity index (χ2n) is 7.16. The molecule has 0 saturated heterocycles. The Hall–Kier alpha value is -2.64. The fourth-order valence-electron chi connectivity index (χ4n) is 3.74. The van der Waals surface area contributed by atoms with Gasteiger partial charge in [-0.15, -0.1) is 0 Å². The van der Waals surface area contributed by atoms with Crippen LogP contribution in [0.1, 0.15) is 17.5 Å². The van der Waals surface area contributed by atoms with Crippen LogP contribution < -0.4 is 10.5 Å². The summed E-state index contributed by atoms with van der Waals surface area (Å²) < 4.78 is 9.02.